The Morgan fingerprint density at radius 2 is 2.05 bits per heavy atom. The van der Waals surface area contributed by atoms with E-state index in [0.29, 0.717) is 11.5 Å². The van der Waals surface area contributed by atoms with Crippen LogP contribution < -0.4 is 0 Å². The second-order valence-corrected chi connectivity index (χ2v) is 5.26. The van der Waals surface area contributed by atoms with Gasteiger partial charge in [-0.3, -0.25) is 0 Å². The van der Waals surface area contributed by atoms with Gasteiger partial charge in [0.15, 0.2) is 5.70 Å². The molecular weight excluding hydrogens is 257 g/mol. The Kier molecular flexibility index (Phi) is 3.63. The summed E-state index contributed by atoms with van der Waals surface area (Å²) in [6.45, 7) is 0. The number of nitrogens with zero attached hydrogens (tertiary/aromatic N) is 1. The zero-order valence-electron chi connectivity index (χ0n) is 11.1. The minimum absolute atomic E-state index is 0.256. The molecule has 0 saturated heterocycles. The molecule has 104 valence electrons. The fourth-order valence-corrected chi connectivity index (χ4v) is 2.70. The average Bonchev–Trinajstić information content (AvgIpc) is 2.81. The lowest BCUT2D eigenvalue weighted by Crippen LogP contribution is -2.19. The molecule has 20 heavy (non-hydrogen) atoms. The molecule has 1 aliphatic carbocycles. The summed E-state index contributed by atoms with van der Waals surface area (Å²) < 4.78 is 18.4. The average molecular weight is 273 g/mol. The van der Waals surface area contributed by atoms with E-state index in [-0.39, 0.29) is 17.4 Å². The molecule has 3 nitrogen and oxygen atoms in total. The van der Waals surface area contributed by atoms with E-state index in [0.717, 1.165) is 25.7 Å². The lowest BCUT2D eigenvalue weighted by Gasteiger charge is -2.19. The fourth-order valence-electron chi connectivity index (χ4n) is 2.70. The second kappa shape index (κ2) is 5.57. The van der Waals surface area contributed by atoms with Gasteiger partial charge in [-0.2, -0.15) is 0 Å². The number of hydrogen-bond acceptors (Lipinski definition) is 3. The zero-order chi connectivity index (χ0) is 13.9. The van der Waals surface area contributed by atoms with Gasteiger partial charge in [-0.1, -0.05) is 31.4 Å². The maximum atomic E-state index is 13.1. The van der Waals surface area contributed by atoms with E-state index in [1.807, 2.05) is 0 Å². The van der Waals surface area contributed by atoms with Gasteiger partial charge in [-0.15, -0.1) is 0 Å². The summed E-state index contributed by atoms with van der Waals surface area (Å²) in [4.78, 5) is 16.1. The molecule has 2 aliphatic rings. The number of benzene rings is 1. The van der Waals surface area contributed by atoms with Crippen LogP contribution in [0.4, 0.5) is 4.39 Å². The Morgan fingerprint density at radius 1 is 1.25 bits per heavy atom. The summed E-state index contributed by atoms with van der Waals surface area (Å²) in [5, 5.41) is 0. The minimum atomic E-state index is -0.435. The Bertz CT molecular complexity index is 586. The van der Waals surface area contributed by atoms with Crippen molar-refractivity contribution in [2.45, 2.75) is 32.1 Å². The van der Waals surface area contributed by atoms with Gasteiger partial charge >= 0.3 is 5.97 Å². The van der Waals surface area contributed by atoms with Crippen LogP contribution in [-0.4, -0.2) is 11.9 Å². The van der Waals surface area contributed by atoms with Crippen LogP contribution in [0, 0.1) is 11.7 Å². The first-order valence-corrected chi connectivity index (χ1v) is 7.00. The number of carbonyl (C=O) groups is 1. The van der Waals surface area contributed by atoms with Crippen molar-refractivity contribution in [2.24, 2.45) is 10.9 Å². The van der Waals surface area contributed by atoms with Crippen LogP contribution in [0.15, 0.2) is 35.0 Å². The highest BCUT2D eigenvalue weighted by Crippen LogP contribution is 2.29. The van der Waals surface area contributed by atoms with Crippen molar-refractivity contribution in [1.29, 1.82) is 0 Å². The first-order chi connectivity index (χ1) is 9.72. The molecule has 0 radical (unpaired) electrons. The first kappa shape index (κ1) is 13.0. The van der Waals surface area contributed by atoms with Crippen molar-refractivity contribution in [3.8, 4) is 0 Å². The largest absolute Gasteiger partial charge is 0.406 e. The number of carbonyl (C=O) groups excluding carboxylic acids is 1. The zero-order valence-corrected chi connectivity index (χ0v) is 11.1. The summed E-state index contributed by atoms with van der Waals surface area (Å²) in [5.41, 5.74) is 0.877. The van der Waals surface area contributed by atoms with E-state index >= 15 is 0 Å². The third-order valence-corrected chi connectivity index (χ3v) is 3.74. The van der Waals surface area contributed by atoms with Crippen molar-refractivity contribution < 1.29 is 13.9 Å². The summed E-state index contributed by atoms with van der Waals surface area (Å²) >= 11 is 0. The highest BCUT2D eigenvalue weighted by molar-refractivity contribution is 6.07. The lowest BCUT2D eigenvalue weighted by molar-refractivity contribution is -0.130. The van der Waals surface area contributed by atoms with Crippen molar-refractivity contribution in [2.75, 3.05) is 0 Å². The van der Waals surface area contributed by atoms with Gasteiger partial charge < -0.3 is 4.74 Å². The summed E-state index contributed by atoms with van der Waals surface area (Å²) in [5.74, 6) is 0.0282. The van der Waals surface area contributed by atoms with Crippen molar-refractivity contribution in [3.63, 3.8) is 0 Å². The van der Waals surface area contributed by atoms with E-state index in [2.05, 4.69) is 4.99 Å². The van der Waals surface area contributed by atoms with Gasteiger partial charge in [-0.05, 0) is 36.6 Å². The van der Waals surface area contributed by atoms with E-state index in [9.17, 15) is 9.18 Å². The summed E-state index contributed by atoms with van der Waals surface area (Å²) in [6.07, 6.45) is 7.18. The Labute approximate surface area is 117 Å². The Morgan fingerprint density at radius 3 is 2.80 bits per heavy atom. The summed E-state index contributed by atoms with van der Waals surface area (Å²) in [6, 6.07) is 6.07. The maximum Gasteiger partial charge on any atom is 0.363 e. The molecular formula is C16H16FNO2. The number of aliphatic imine (C=N–C) groups is 1. The molecule has 0 aromatic heterocycles. The van der Waals surface area contributed by atoms with E-state index in [1.165, 1.54) is 18.6 Å². The van der Waals surface area contributed by atoms with E-state index in [1.54, 1.807) is 18.2 Å². The molecule has 0 amide bonds. The molecule has 4 heteroatoms. The smallest absolute Gasteiger partial charge is 0.363 e. The molecule has 0 N–H and O–H groups in total. The van der Waals surface area contributed by atoms with Crippen LogP contribution in [-0.2, 0) is 9.53 Å². The maximum absolute atomic E-state index is 13.1. The normalized spacial score (nSPS) is 21.9. The Balaban J connectivity index is 1.82. The monoisotopic (exact) mass is 273 g/mol. The van der Waals surface area contributed by atoms with Crippen molar-refractivity contribution in [3.05, 3.63) is 41.3 Å². The lowest BCUT2D eigenvalue weighted by atomic mass is 9.89. The minimum Gasteiger partial charge on any atom is -0.406 e. The summed E-state index contributed by atoms with van der Waals surface area (Å²) in [7, 11) is 0. The quantitative estimate of drug-likeness (QED) is 0.608. The molecule has 1 saturated carbocycles. The molecule has 1 aromatic rings. The third kappa shape index (κ3) is 2.79. The molecule has 1 aliphatic heterocycles. The molecule has 0 spiro atoms. The molecule has 1 fully saturated rings. The van der Waals surface area contributed by atoms with Gasteiger partial charge in [0.05, 0.1) is 0 Å². The van der Waals surface area contributed by atoms with Crippen molar-refractivity contribution in [1.82, 2.24) is 0 Å². The van der Waals surface area contributed by atoms with Crippen LogP contribution >= 0.6 is 0 Å². The number of rotatable bonds is 2. The molecule has 1 aromatic carbocycles. The topological polar surface area (TPSA) is 38.7 Å². The number of esters is 1. The van der Waals surface area contributed by atoms with E-state index in [4.69, 9.17) is 4.74 Å². The van der Waals surface area contributed by atoms with Gasteiger partial charge in [-0.25, -0.2) is 14.2 Å². The van der Waals surface area contributed by atoms with Gasteiger partial charge in [0.1, 0.15) is 5.82 Å². The fraction of sp³-hybridized carbons (Fsp3) is 0.375. The van der Waals surface area contributed by atoms with Crippen LogP contribution in [0.2, 0.25) is 0 Å². The van der Waals surface area contributed by atoms with Crippen LogP contribution in [0.5, 0.6) is 0 Å². The molecule has 3 rings (SSSR count). The van der Waals surface area contributed by atoms with Crippen molar-refractivity contribution >= 4 is 17.9 Å². The highest BCUT2D eigenvalue weighted by atomic mass is 19.1. The number of ether oxygens (including phenoxy) is 1. The predicted molar refractivity (Wildman–Crippen MR) is 74.5 cm³/mol. The first-order valence-electron chi connectivity index (χ1n) is 7.00. The number of hydrogen-bond donors (Lipinski definition) is 0. The van der Waals surface area contributed by atoms with Crippen LogP contribution in [0.25, 0.3) is 6.08 Å². The number of halogens is 1. The third-order valence-electron chi connectivity index (χ3n) is 3.74. The van der Waals surface area contributed by atoms with Gasteiger partial charge in [0, 0.05) is 5.92 Å². The van der Waals surface area contributed by atoms with Gasteiger partial charge in [0.25, 0.3) is 0 Å². The predicted octanol–water partition coefficient (Wildman–Crippen LogP) is 3.70. The van der Waals surface area contributed by atoms with Gasteiger partial charge in [0.2, 0.25) is 5.90 Å². The Hall–Kier alpha value is -1.97. The highest BCUT2D eigenvalue weighted by Gasteiger charge is 2.30. The van der Waals surface area contributed by atoms with E-state index < -0.39 is 5.97 Å². The molecule has 0 atom stereocenters. The van der Waals surface area contributed by atoms with Crippen LogP contribution in [0.3, 0.4) is 0 Å². The molecule has 0 unspecified atom stereocenters. The number of cyclic esters (lactones) is 1. The molecule has 1 heterocycles. The van der Waals surface area contributed by atoms with Crippen LogP contribution in [0.1, 0.15) is 37.7 Å². The standard InChI is InChI=1S/C16H16FNO2/c17-13-8-4-5-11(9-13)10-14-16(19)20-15(18-14)12-6-2-1-3-7-12/h4-5,8-10,12H,1-3,6-7H2. The second-order valence-electron chi connectivity index (χ2n) is 5.26. The SMILES string of the molecule is O=C1OC(C2CCCCC2)=NC1=Cc1cccc(F)c1. The molecule has 0 bridgehead atoms.